The van der Waals surface area contributed by atoms with E-state index in [0.717, 1.165) is 45.4 Å². The van der Waals surface area contributed by atoms with Crippen molar-refractivity contribution in [3.8, 4) is 11.8 Å². The van der Waals surface area contributed by atoms with Crippen LogP contribution in [0.4, 0.5) is 8.78 Å². The van der Waals surface area contributed by atoms with Gasteiger partial charge in [0.1, 0.15) is 5.82 Å². The first-order valence-corrected chi connectivity index (χ1v) is 11.9. The summed E-state index contributed by atoms with van der Waals surface area (Å²) >= 11 is 0. The highest BCUT2D eigenvalue weighted by Crippen LogP contribution is 2.54. The van der Waals surface area contributed by atoms with E-state index < -0.39 is 17.1 Å². The number of halogens is 2. The number of rotatable bonds is 9. The molecule has 2 saturated carbocycles. The van der Waals surface area contributed by atoms with Crippen LogP contribution in [0.2, 0.25) is 0 Å². The molecule has 2 heterocycles. The number of carboxylic acids is 1. The molecule has 2 unspecified atom stereocenters. The van der Waals surface area contributed by atoms with Gasteiger partial charge in [0.15, 0.2) is 0 Å². The molecule has 0 amide bonds. The molecule has 0 aromatic carbocycles. The largest absolute Gasteiger partial charge is 0.481 e. The number of carbonyl (C=O) groups is 1. The van der Waals surface area contributed by atoms with Gasteiger partial charge in [-0.1, -0.05) is 6.92 Å². The molecule has 1 N–H and O–H groups in total. The van der Waals surface area contributed by atoms with E-state index in [1.165, 1.54) is 13.3 Å². The lowest BCUT2D eigenvalue weighted by molar-refractivity contribution is -0.155. The number of methoxy groups -OCH3 is 1. The number of pyridine rings is 2. The molecule has 0 spiro atoms. The summed E-state index contributed by atoms with van der Waals surface area (Å²) in [5.74, 6) is -0.587. The summed E-state index contributed by atoms with van der Waals surface area (Å²) in [5, 5.41) is 9.55. The highest BCUT2D eigenvalue weighted by molar-refractivity contribution is 5.79. The van der Waals surface area contributed by atoms with Crippen LogP contribution in [0.1, 0.15) is 69.4 Å². The Morgan fingerprint density at radius 2 is 1.82 bits per heavy atom. The minimum absolute atomic E-state index is 0.0312. The molecule has 6 nitrogen and oxygen atoms in total. The van der Waals surface area contributed by atoms with Crippen molar-refractivity contribution in [2.75, 3.05) is 13.7 Å². The molecule has 8 heteroatoms. The Morgan fingerprint density at radius 3 is 2.44 bits per heavy atom. The number of ether oxygens (including phenoxy) is 2. The van der Waals surface area contributed by atoms with Gasteiger partial charge < -0.3 is 14.6 Å². The highest BCUT2D eigenvalue weighted by Gasteiger charge is 2.59. The topological polar surface area (TPSA) is 81.5 Å². The van der Waals surface area contributed by atoms with Gasteiger partial charge in [-0.15, -0.1) is 0 Å². The molecule has 0 radical (unpaired) electrons. The second kappa shape index (κ2) is 9.47. The van der Waals surface area contributed by atoms with Crippen molar-refractivity contribution in [1.82, 2.24) is 9.97 Å². The maximum absolute atomic E-state index is 15.4. The highest BCUT2D eigenvalue weighted by atomic mass is 19.1. The van der Waals surface area contributed by atoms with Gasteiger partial charge >= 0.3 is 5.97 Å². The molecule has 2 aliphatic carbocycles. The Hall–Kier alpha value is -2.77. The van der Waals surface area contributed by atoms with Crippen molar-refractivity contribution in [2.45, 2.75) is 69.4 Å². The number of alkyl halides is 1. The molecule has 4 rings (SSSR count). The van der Waals surface area contributed by atoms with Crippen molar-refractivity contribution in [1.29, 1.82) is 0 Å². The third-order valence-electron chi connectivity index (χ3n) is 7.93. The van der Waals surface area contributed by atoms with Crippen LogP contribution >= 0.6 is 0 Å². The number of hydrogen-bond acceptors (Lipinski definition) is 5. The maximum Gasteiger partial charge on any atom is 0.342 e. The Labute approximate surface area is 198 Å². The molecule has 2 aromatic rings. The fourth-order valence-electron chi connectivity index (χ4n) is 5.29. The van der Waals surface area contributed by atoms with Gasteiger partial charge in [0.2, 0.25) is 17.4 Å². The number of aromatic nitrogens is 2. The van der Waals surface area contributed by atoms with Gasteiger partial charge in [-0.25, -0.2) is 23.5 Å². The molecule has 2 fully saturated rings. The van der Waals surface area contributed by atoms with Gasteiger partial charge in [0.05, 0.1) is 19.9 Å². The fourth-order valence-corrected chi connectivity index (χ4v) is 5.29. The van der Waals surface area contributed by atoms with Crippen LogP contribution in [0, 0.1) is 17.7 Å². The van der Waals surface area contributed by atoms with Crippen LogP contribution in [-0.2, 0) is 10.2 Å². The first kappa shape index (κ1) is 24.4. The predicted molar refractivity (Wildman–Crippen MR) is 122 cm³/mol. The monoisotopic (exact) mass is 474 g/mol. The third-order valence-corrected chi connectivity index (χ3v) is 7.93. The van der Waals surface area contributed by atoms with E-state index in [9.17, 15) is 14.3 Å². The first-order valence-electron chi connectivity index (χ1n) is 11.9. The van der Waals surface area contributed by atoms with E-state index in [0.29, 0.717) is 35.4 Å². The van der Waals surface area contributed by atoms with Crippen molar-refractivity contribution < 1.29 is 28.2 Å². The van der Waals surface area contributed by atoms with Crippen LogP contribution in [0.3, 0.4) is 0 Å². The second-order valence-corrected chi connectivity index (χ2v) is 9.94. The van der Waals surface area contributed by atoms with Crippen molar-refractivity contribution in [3.05, 3.63) is 47.5 Å². The maximum atomic E-state index is 15.4. The first-order chi connectivity index (χ1) is 16.2. The van der Waals surface area contributed by atoms with Gasteiger partial charge in [0.25, 0.3) is 0 Å². The summed E-state index contributed by atoms with van der Waals surface area (Å²) in [7, 11) is 1.52. The number of carboxylic acid groups (broad SMARTS) is 1. The van der Waals surface area contributed by atoms with Crippen molar-refractivity contribution >= 4 is 5.97 Å². The molecule has 0 aliphatic heterocycles. The second-order valence-electron chi connectivity index (χ2n) is 9.94. The molecular formula is C26H32F2N2O4. The van der Waals surface area contributed by atoms with Crippen LogP contribution < -0.4 is 9.47 Å². The fraction of sp³-hybridized carbons (Fsp3) is 0.577. The van der Waals surface area contributed by atoms with Crippen LogP contribution in [0.25, 0.3) is 0 Å². The standard InChI is InChI=1S/C26H32F2N2O4/c1-25(18-8-9-18,26(2,28)24(31)32)19-10-11-29-23(12-19)34-15-16-4-6-17(7-5-16)20-13-22(33-3)30-14-21(20)27/h10-14,16-18H,4-9,15H2,1-3H3,(H,31,32)/t16-,17-,25?,26?. The number of nitrogens with zero attached hydrogens (tertiary/aromatic N) is 2. The summed E-state index contributed by atoms with van der Waals surface area (Å²) in [6.07, 6.45) is 7.81. The summed E-state index contributed by atoms with van der Waals surface area (Å²) in [4.78, 5) is 19.9. The lowest BCUT2D eigenvalue weighted by Gasteiger charge is -2.39. The van der Waals surface area contributed by atoms with Gasteiger partial charge in [0, 0.05) is 23.7 Å². The van der Waals surface area contributed by atoms with E-state index in [1.54, 1.807) is 31.3 Å². The van der Waals surface area contributed by atoms with Crippen molar-refractivity contribution in [2.24, 2.45) is 11.8 Å². The average Bonchev–Trinajstić information content (AvgIpc) is 3.69. The number of hydrogen-bond donors (Lipinski definition) is 1. The molecule has 0 bridgehead atoms. The van der Waals surface area contributed by atoms with Gasteiger partial charge in [-0.2, -0.15) is 0 Å². The summed E-state index contributed by atoms with van der Waals surface area (Å²) in [6, 6.07) is 5.05. The van der Waals surface area contributed by atoms with Crippen molar-refractivity contribution in [3.63, 3.8) is 0 Å². The Bertz CT molecular complexity index is 1040. The van der Waals surface area contributed by atoms with E-state index in [4.69, 9.17) is 9.47 Å². The normalized spacial score (nSPS) is 24.0. The predicted octanol–water partition coefficient (Wildman–Crippen LogP) is 5.46. The minimum atomic E-state index is -2.41. The Balaban J connectivity index is 1.39. The SMILES string of the molecule is COc1cc([C@H]2CC[C@H](COc3cc(C(C)(C4CC4)C(C)(F)C(=O)O)ccn3)CC2)c(F)cn1. The summed E-state index contributed by atoms with van der Waals surface area (Å²) < 4.78 is 40.8. The third kappa shape index (κ3) is 4.59. The molecule has 34 heavy (non-hydrogen) atoms. The zero-order valence-electron chi connectivity index (χ0n) is 19.9. The molecule has 2 aliphatic rings. The average molecular weight is 475 g/mol. The summed E-state index contributed by atoms with van der Waals surface area (Å²) in [5.41, 5.74) is -2.32. The Morgan fingerprint density at radius 1 is 1.12 bits per heavy atom. The molecular weight excluding hydrogens is 442 g/mol. The molecule has 2 aromatic heterocycles. The lowest BCUT2D eigenvalue weighted by atomic mass is 9.67. The van der Waals surface area contributed by atoms with Crippen LogP contribution in [0.5, 0.6) is 11.8 Å². The smallest absolute Gasteiger partial charge is 0.342 e. The van der Waals surface area contributed by atoms with Crippen LogP contribution in [0.15, 0.2) is 30.6 Å². The van der Waals surface area contributed by atoms with Crippen LogP contribution in [-0.4, -0.2) is 40.4 Å². The van der Waals surface area contributed by atoms with E-state index >= 15 is 4.39 Å². The van der Waals surface area contributed by atoms with Gasteiger partial charge in [-0.05, 0) is 80.4 Å². The lowest BCUT2D eigenvalue weighted by Crippen LogP contribution is -2.51. The van der Waals surface area contributed by atoms with E-state index in [-0.39, 0.29) is 17.7 Å². The molecule has 0 saturated heterocycles. The summed E-state index contributed by atoms with van der Waals surface area (Å²) in [6.45, 7) is 3.29. The molecule has 184 valence electrons. The van der Waals surface area contributed by atoms with Gasteiger partial charge in [-0.3, -0.25) is 0 Å². The number of aliphatic carboxylic acids is 1. The quantitative estimate of drug-likeness (QED) is 0.520. The zero-order chi connectivity index (χ0) is 24.5. The van der Waals surface area contributed by atoms with E-state index in [1.807, 2.05) is 0 Å². The van der Waals surface area contributed by atoms with E-state index in [2.05, 4.69) is 9.97 Å². The Kier molecular flexibility index (Phi) is 6.78. The minimum Gasteiger partial charge on any atom is -0.481 e. The zero-order valence-corrected chi connectivity index (χ0v) is 19.9. The molecule has 2 atom stereocenters.